The van der Waals surface area contributed by atoms with Crippen molar-refractivity contribution in [2.24, 2.45) is 5.92 Å². The van der Waals surface area contributed by atoms with Crippen LogP contribution in [0.4, 0.5) is 4.79 Å². The first-order valence-corrected chi connectivity index (χ1v) is 9.39. The van der Waals surface area contributed by atoms with Crippen molar-refractivity contribution in [1.82, 2.24) is 4.90 Å². The maximum Gasteiger partial charge on any atom is 0.410 e. The molecular formula is C21H29NO2. The molecule has 1 aromatic carbocycles. The minimum Gasteiger partial charge on any atom is -0.445 e. The molecule has 24 heavy (non-hydrogen) atoms. The zero-order chi connectivity index (χ0) is 16.9. The number of carbonyl (C=O) groups excluding carboxylic acids is 1. The number of amides is 1. The molecule has 2 aliphatic rings. The van der Waals surface area contributed by atoms with Gasteiger partial charge in [-0.1, -0.05) is 68.7 Å². The van der Waals surface area contributed by atoms with Crippen molar-refractivity contribution in [2.75, 3.05) is 0 Å². The fourth-order valence-electron chi connectivity index (χ4n) is 4.10. The van der Waals surface area contributed by atoms with Gasteiger partial charge in [0.15, 0.2) is 0 Å². The van der Waals surface area contributed by atoms with Gasteiger partial charge in [-0.2, -0.15) is 0 Å². The van der Waals surface area contributed by atoms with E-state index < -0.39 is 0 Å². The first-order chi connectivity index (χ1) is 11.7. The Bertz CT molecular complexity index is 577. The lowest BCUT2D eigenvalue weighted by atomic mass is 9.89. The van der Waals surface area contributed by atoms with Gasteiger partial charge in [-0.05, 0) is 37.2 Å². The summed E-state index contributed by atoms with van der Waals surface area (Å²) in [6.07, 6.45) is 9.11. The predicted molar refractivity (Wildman–Crippen MR) is 96.7 cm³/mol. The Hall–Kier alpha value is -1.77. The highest BCUT2D eigenvalue weighted by Crippen LogP contribution is 2.38. The summed E-state index contributed by atoms with van der Waals surface area (Å²) in [4.78, 5) is 14.5. The van der Waals surface area contributed by atoms with Gasteiger partial charge < -0.3 is 4.74 Å². The first kappa shape index (κ1) is 17.1. The molecule has 0 saturated carbocycles. The summed E-state index contributed by atoms with van der Waals surface area (Å²) in [7, 11) is 0. The fraction of sp³-hybridized carbons (Fsp3) is 0.571. The summed E-state index contributed by atoms with van der Waals surface area (Å²) >= 11 is 0. The molecule has 3 nitrogen and oxygen atoms in total. The second-order valence-electron chi connectivity index (χ2n) is 7.16. The minimum atomic E-state index is -0.149. The van der Waals surface area contributed by atoms with E-state index in [9.17, 15) is 4.79 Å². The summed E-state index contributed by atoms with van der Waals surface area (Å²) in [5.41, 5.74) is 2.60. The zero-order valence-electron chi connectivity index (χ0n) is 14.9. The second kappa shape index (κ2) is 7.87. The van der Waals surface area contributed by atoms with Crippen LogP contribution in [0.5, 0.6) is 0 Å². The van der Waals surface area contributed by atoms with E-state index in [-0.39, 0.29) is 12.1 Å². The van der Waals surface area contributed by atoms with E-state index in [0.29, 0.717) is 12.6 Å². The van der Waals surface area contributed by atoms with E-state index in [1.165, 1.54) is 19.3 Å². The van der Waals surface area contributed by atoms with Gasteiger partial charge in [0.1, 0.15) is 6.61 Å². The molecule has 0 radical (unpaired) electrons. The van der Waals surface area contributed by atoms with Crippen molar-refractivity contribution in [3.05, 3.63) is 47.5 Å². The van der Waals surface area contributed by atoms with E-state index in [1.54, 1.807) is 5.57 Å². The standard InChI is InChI=1S/C21H29NO2/c1-3-16(4-2)12-18-13-19-10-11-20(14-18)22(19)21(23)24-15-17-8-6-5-7-9-17/h5-9,13,16,19-20H,3-4,10-12,14-15H2,1-2H3. The van der Waals surface area contributed by atoms with E-state index >= 15 is 0 Å². The number of hydrogen-bond acceptors (Lipinski definition) is 2. The van der Waals surface area contributed by atoms with Crippen LogP contribution in [-0.2, 0) is 11.3 Å². The third-order valence-corrected chi connectivity index (χ3v) is 5.59. The summed E-state index contributed by atoms with van der Waals surface area (Å²) in [6.45, 7) is 4.92. The molecule has 2 aliphatic heterocycles. The smallest absolute Gasteiger partial charge is 0.410 e. The zero-order valence-corrected chi connectivity index (χ0v) is 14.9. The van der Waals surface area contributed by atoms with Gasteiger partial charge in [0, 0.05) is 6.04 Å². The lowest BCUT2D eigenvalue weighted by molar-refractivity contribution is 0.0813. The first-order valence-electron chi connectivity index (χ1n) is 9.39. The Labute approximate surface area is 145 Å². The Morgan fingerprint density at radius 1 is 1.21 bits per heavy atom. The monoisotopic (exact) mass is 327 g/mol. The van der Waals surface area contributed by atoms with Gasteiger partial charge in [0.2, 0.25) is 0 Å². The van der Waals surface area contributed by atoms with Crippen LogP contribution >= 0.6 is 0 Å². The number of hydrogen-bond donors (Lipinski definition) is 0. The molecule has 1 fully saturated rings. The number of fused-ring (bicyclic) bond motifs is 2. The van der Waals surface area contributed by atoms with E-state index in [4.69, 9.17) is 4.74 Å². The summed E-state index contributed by atoms with van der Waals surface area (Å²) in [6, 6.07) is 10.5. The minimum absolute atomic E-state index is 0.149. The maximum absolute atomic E-state index is 12.5. The Morgan fingerprint density at radius 3 is 2.62 bits per heavy atom. The van der Waals surface area contributed by atoms with Crippen LogP contribution in [-0.4, -0.2) is 23.1 Å². The van der Waals surface area contributed by atoms with E-state index in [0.717, 1.165) is 30.7 Å². The van der Waals surface area contributed by atoms with Gasteiger partial charge in [-0.15, -0.1) is 0 Å². The van der Waals surface area contributed by atoms with Gasteiger partial charge >= 0.3 is 6.09 Å². The molecule has 130 valence electrons. The Morgan fingerprint density at radius 2 is 1.96 bits per heavy atom. The third kappa shape index (κ3) is 3.82. The molecule has 2 atom stereocenters. The lowest BCUT2D eigenvalue weighted by Crippen LogP contribution is -2.43. The predicted octanol–water partition coefficient (Wildman–Crippen LogP) is 5.31. The topological polar surface area (TPSA) is 29.5 Å². The molecule has 0 spiro atoms. The summed E-state index contributed by atoms with van der Waals surface area (Å²) in [5, 5.41) is 0. The summed E-state index contributed by atoms with van der Waals surface area (Å²) in [5.74, 6) is 0.784. The van der Waals surface area contributed by atoms with Crippen LogP contribution in [0.2, 0.25) is 0 Å². The number of carbonyl (C=O) groups is 1. The van der Waals surface area contributed by atoms with Crippen molar-refractivity contribution in [2.45, 2.75) is 71.1 Å². The van der Waals surface area contributed by atoms with Gasteiger partial charge in [0.25, 0.3) is 0 Å². The number of rotatable bonds is 6. The Balaban J connectivity index is 1.59. The van der Waals surface area contributed by atoms with Crippen molar-refractivity contribution in [1.29, 1.82) is 0 Å². The van der Waals surface area contributed by atoms with Gasteiger partial charge in [-0.3, -0.25) is 4.90 Å². The molecule has 1 amide bonds. The van der Waals surface area contributed by atoms with Crippen LogP contribution in [0.15, 0.2) is 42.0 Å². The van der Waals surface area contributed by atoms with Crippen molar-refractivity contribution < 1.29 is 9.53 Å². The molecule has 2 unspecified atom stereocenters. The molecule has 0 N–H and O–H groups in total. The van der Waals surface area contributed by atoms with Crippen LogP contribution < -0.4 is 0 Å². The molecule has 3 rings (SSSR count). The van der Waals surface area contributed by atoms with Crippen LogP contribution in [0, 0.1) is 5.92 Å². The SMILES string of the molecule is CCC(CC)CC1=CC2CCC(C1)N2C(=O)OCc1ccccc1. The Kier molecular flexibility index (Phi) is 5.60. The molecule has 2 heterocycles. The molecule has 1 aromatic rings. The summed E-state index contributed by atoms with van der Waals surface area (Å²) < 4.78 is 5.56. The van der Waals surface area contributed by atoms with Crippen molar-refractivity contribution in [3.8, 4) is 0 Å². The molecule has 0 aromatic heterocycles. The van der Waals surface area contributed by atoms with Crippen LogP contribution in [0.25, 0.3) is 0 Å². The third-order valence-electron chi connectivity index (χ3n) is 5.59. The molecular weight excluding hydrogens is 298 g/mol. The highest BCUT2D eigenvalue weighted by Gasteiger charge is 2.40. The normalized spacial score (nSPS) is 22.6. The van der Waals surface area contributed by atoms with E-state index in [2.05, 4.69) is 19.9 Å². The quantitative estimate of drug-likeness (QED) is 0.662. The molecule has 3 heteroatoms. The molecule has 2 bridgehead atoms. The fourth-order valence-corrected chi connectivity index (χ4v) is 4.10. The molecule has 0 aliphatic carbocycles. The average molecular weight is 327 g/mol. The molecule has 1 saturated heterocycles. The van der Waals surface area contributed by atoms with Crippen LogP contribution in [0.1, 0.15) is 57.9 Å². The number of nitrogens with zero attached hydrogens (tertiary/aromatic N) is 1. The van der Waals surface area contributed by atoms with Gasteiger partial charge in [0.05, 0.1) is 6.04 Å². The second-order valence-corrected chi connectivity index (χ2v) is 7.16. The van der Waals surface area contributed by atoms with E-state index in [1.807, 2.05) is 35.2 Å². The van der Waals surface area contributed by atoms with Crippen LogP contribution in [0.3, 0.4) is 0 Å². The van der Waals surface area contributed by atoms with Crippen molar-refractivity contribution in [3.63, 3.8) is 0 Å². The maximum atomic E-state index is 12.5. The number of ether oxygens (including phenoxy) is 1. The number of benzene rings is 1. The largest absolute Gasteiger partial charge is 0.445 e. The lowest BCUT2D eigenvalue weighted by Gasteiger charge is -2.34. The van der Waals surface area contributed by atoms with Gasteiger partial charge in [-0.25, -0.2) is 4.79 Å². The van der Waals surface area contributed by atoms with Crippen molar-refractivity contribution >= 4 is 6.09 Å². The highest BCUT2D eigenvalue weighted by atomic mass is 16.6. The average Bonchev–Trinajstić information content (AvgIpc) is 2.89. The highest BCUT2D eigenvalue weighted by molar-refractivity contribution is 5.70.